The Hall–Kier alpha value is -3.14. The molecule has 2 atom stereocenters. The lowest BCUT2D eigenvalue weighted by molar-refractivity contribution is -0.153. The van der Waals surface area contributed by atoms with Crippen molar-refractivity contribution in [3.8, 4) is 0 Å². The third kappa shape index (κ3) is 4.55. The van der Waals surface area contributed by atoms with Gasteiger partial charge in [0.1, 0.15) is 23.6 Å². The summed E-state index contributed by atoms with van der Waals surface area (Å²) in [5, 5.41) is 10.6. The van der Waals surface area contributed by atoms with E-state index in [1.165, 1.54) is 18.2 Å². The standard InChI is InChI=1S/C22H22F4N4O2/c1-13-27-21(28-14(2)30(13)11-17-7-8-20(32-17)22(24,25)26)29-10-9-18(19(31)12-29)15-3-5-16(23)6-4-15/h3-9,13,19,31H,10-12H2,1-2H3/t13?,19-/m0/s1. The summed E-state index contributed by atoms with van der Waals surface area (Å²) >= 11 is 0. The molecule has 0 bridgehead atoms. The van der Waals surface area contributed by atoms with E-state index in [0.29, 0.717) is 23.9 Å². The van der Waals surface area contributed by atoms with Gasteiger partial charge in [0.05, 0.1) is 19.2 Å². The number of aliphatic hydroxyl groups excluding tert-OH is 1. The molecule has 2 aromatic rings. The summed E-state index contributed by atoms with van der Waals surface area (Å²) in [5.41, 5.74) is 1.46. The molecule has 1 aromatic carbocycles. The van der Waals surface area contributed by atoms with Crippen molar-refractivity contribution >= 4 is 17.4 Å². The smallest absolute Gasteiger partial charge is 0.449 e. The quantitative estimate of drug-likeness (QED) is 0.715. The molecule has 3 heterocycles. The second-order valence-corrected chi connectivity index (χ2v) is 7.70. The van der Waals surface area contributed by atoms with Crippen molar-refractivity contribution in [3.63, 3.8) is 0 Å². The fourth-order valence-corrected chi connectivity index (χ4v) is 3.77. The Bertz CT molecular complexity index is 1070. The minimum absolute atomic E-state index is 0.0978. The Morgan fingerprint density at radius 2 is 1.88 bits per heavy atom. The number of nitrogens with zero attached hydrogens (tertiary/aromatic N) is 4. The molecule has 0 amide bonds. The molecule has 0 radical (unpaired) electrons. The summed E-state index contributed by atoms with van der Waals surface area (Å²) < 4.78 is 56.4. The van der Waals surface area contributed by atoms with E-state index >= 15 is 0 Å². The first-order valence-corrected chi connectivity index (χ1v) is 10.1. The number of aliphatic hydroxyl groups is 1. The van der Waals surface area contributed by atoms with Crippen molar-refractivity contribution in [3.05, 3.63) is 65.4 Å². The average Bonchev–Trinajstić information content (AvgIpc) is 3.21. The molecule has 0 fully saturated rings. The van der Waals surface area contributed by atoms with Crippen molar-refractivity contribution < 1.29 is 27.1 Å². The van der Waals surface area contributed by atoms with E-state index in [4.69, 9.17) is 4.42 Å². The third-order valence-corrected chi connectivity index (χ3v) is 5.44. The van der Waals surface area contributed by atoms with Crippen molar-refractivity contribution in [1.82, 2.24) is 9.80 Å². The maximum absolute atomic E-state index is 13.2. The summed E-state index contributed by atoms with van der Waals surface area (Å²) in [7, 11) is 0. The molecule has 0 saturated heterocycles. The molecule has 0 saturated carbocycles. The largest absolute Gasteiger partial charge is 0.455 e. The number of alkyl halides is 3. The van der Waals surface area contributed by atoms with E-state index in [9.17, 15) is 22.7 Å². The molecular weight excluding hydrogens is 428 g/mol. The highest BCUT2D eigenvalue weighted by molar-refractivity contribution is 5.97. The van der Waals surface area contributed by atoms with E-state index < -0.39 is 18.0 Å². The molecule has 10 heteroatoms. The zero-order valence-electron chi connectivity index (χ0n) is 17.5. The first-order chi connectivity index (χ1) is 15.1. The van der Waals surface area contributed by atoms with Crippen LogP contribution in [0.3, 0.4) is 0 Å². The molecule has 32 heavy (non-hydrogen) atoms. The molecular formula is C22H22F4N4O2. The van der Waals surface area contributed by atoms with Crippen molar-refractivity contribution in [2.24, 2.45) is 9.98 Å². The zero-order valence-corrected chi connectivity index (χ0v) is 17.5. The lowest BCUT2D eigenvalue weighted by atomic mass is 9.97. The number of aliphatic imine (C=N–C) groups is 2. The van der Waals surface area contributed by atoms with Crippen molar-refractivity contribution in [2.45, 2.75) is 38.8 Å². The second-order valence-electron chi connectivity index (χ2n) is 7.70. The first-order valence-electron chi connectivity index (χ1n) is 10.1. The fourth-order valence-electron chi connectivity index (χ4n) is 3.77. The fraction of sp³-hybridized carbons (Fsp3) is 0.364. The van der Waals surface area contributed by atoms with Gasteiger partial charge in [-0.15, -0.1) is 0 Å². The number of β-amino-alcohol motifs (C(OH)–C–C–N with tert-alkyl or cyclic N) is 1. The lowest BCUT2D eigenvalue weighted by Crippen LogP contribution is -2.46. The van der Waals surface area contributed by atoms with Crippen LogP contribution >= 0.6 is 0 Å². The topological polar surface area (TPSA) is 64.6 Å². The van der Waals surface area contributed by atoms with Crippen molar-refractivity contribution in [2.75, 3.05) is 13.1 Å². The molecule has 4 rings (SSSR count). The van der Waals surface area contributed by atoms with Gasteiger partial charge in [0.15, 0.2) is 0 Å². The summed E-state index contributed by atoms with van der Waals surface area (Å²) in [4.78, 5) is 12.6. The maximum atomic E-state index is 13.2. The lowest BCUT2D eigenvalue weighted by Gasteiger charge is -2.36. The Morgan fingerprint density at radius 1 is 1.16 bits per heavy atom. The van der Waals surface area contributed by atoms with Gasteiger partial charge in [-0.05, 0) is 49.2 Å². The summed E-state index contributed by atoms with van der Waals surface area (Å²) in [6.07, 6.45) is -3.87. The normalized spacial score (nSPS) is 21.9. The molecule has 170 valence electrons. The van der Waals surface area contributed by atoms with Crippen LogP contribution in [-0.4, -0.2) is 52.1 Å². The minimum Gasteiger partial charge on any atom is -0.455 e. The molecule has 0 aliphatic carbocycles. The molecule has 1 N–H and O–H groups in total. The van der Waals surface area contributed by atoms with Crippen LogP contribution in [0.5, 0.6) is 0 Å². The maximum Gasteiger partial charge on any atom is 0.449 e. The van der Waals surface area contributed by atoms with E-state index in [1.54, 1.807) is 24.0 Å². The van der Waals surface area contributed by atoms with Crippen LogP contribution in [0.2, 0.25) is 0 Å². The Kier molecular flexibility index (Phi) is 5.81. The monoisotopic (exact) mass is 450 g/mol. The van der Waals surface area contributed by atoms with E-state index in [-0.39, 0.29) is 30.8 Å². The van der Waals surface area contributed by atoms with Gasteiger partial charge in [-0.25, -0.2) is 14.4 Å². The Morgan fingerprint density at radius 3 is 2.47 bits per heavy atom. The number of hydrogen-bond acceptors (Lipinski definition) is 6. The SMILES string of the molecule is CC1=NC(N2CC=C(c3ccc(F)cc3)[C@@H](O)C2)=NC(C)N1Cc1ccc(C(F)(F)F)o1. The summed E-state index contributed by atoms with van der Waals surface area (Å²) in [5.74, 6) is -0.199. The molecule has 2 aliphatic heterocycles. The minimum atomic E-state index is -4.53. The zero-order chi connectivity index (χ0) is 23.0. The van der Waals surface area contributed by atoms with Gasteiger partial charge >= 0.3 is 6.18 Å². The number of hydrogen-bond donors (Lipinski definition) is 1. The third-order valence-electron chi connectivity index (χ3n) is 5.44. The van der Waals surface area contributed by atoms with E-state index in [1.807, 2.05) is 17.9 Å². The van der Waals surface area contributed by atoms with Crippen LogP contribution in [0, 0.1) is 5.82 Å². The van der Waals surface area contributed by atoms with Gasteiger partial charge in [-0.1, -0.05) is 18.2 Å². The van der Waals surface area contributed by atoms with Crippen LogP contribution in [0.15, 0.2) is 56.9 Å². The summed E-state index contributed by atoms with van der Waals surface area (Å²) in [6, 6.07) is 8.15. The van der Waals surface area contributed by atoms with Crippen LogP contribution in [-0.2, 0) is 12.7 Å². The predicted molar refractivity (Wildman–Crippen MR) is 111 cm³/mol. The molecule has 1 unspecified atom stereocenters. The highest BCUT2D eigenvalue weighted by atomic mass is 19.4. The van der Waals surface area contributed by atoms with Crippen LogP contribution in [0.25, 0.3) is 5.57 Å². The highest BCUT2D eigenvalue weighted by Gasteiger charge is 2.35. The Balaban J connectivity index is 1.46. The van der Waals surface area contributed by atoms with Gasteiger partial charge in [-0.3, -0.25) is 0 Å². The van der Waals surface area contributed by atoms with Crippen molar-refractivity contribution in [1.29, 1.82) is 0 Å². The first kappa shape index (κ1) is 22.1. The van der Waals surface area contributed by atoms with Crippen LogP contribution in [0.1, 0.15) is 30.9 Å². The van der Waals surface area contributed by atoms with Crippen LogP contribution < -0.4 is 0 Å². The van der Waals surface area contributed by atoms with E-state index in [2.05, 4.69) is 9.98 Å². The number of amidine groups is 1. The molecule has 6 nitrogen and oxygen atoms in total. The Labute approximate surface area is 182 Å². The number of benzene rings is 1. The molecule has 2 aliphatic rings. The van der Waals surface area contributed by atoms with E-state index in [0.717, 1.165) is 11.6 Å². The van der Waals surface area contributed by atoms with Crippen LogP contribution in [0.4, 0.5) is 17.6 Å². The number of rotatable bonds is 3. The molecule has 1 aromatic heterocycles. The van der Waals surface area contributed by atoms with Gasteiger partial charge in [0, 0.05) is 6.54 Å². The number of halogens is 4. The summed E-state index contributed by atoms with van der Waals surface area (Å²) in [6.45, 7) is 4.38. The van der Waals surface area contributed by atoms with Gasteiger partial charge in [0.2, 0.25) is 11.7 Å². The number of guanidine groups is 1. The van der Waals surface area contributed by atoms with Gasteiger partial charge in [-0.2, -0.15) is 13.2 Å². The predicted octanol–water partition coefficient (Wildman–Crippen LogP) is 4.13. The molecule has 0 spiro atoms. The van der Waals surface area contributed by atoms with Gasteiger partial charge < -0.3 is 19.3 Å². The highest BCUT2D eigenvalue weighted by Crippen LogP contribution is 2.31. The second kappa shape index (κ2) is 8.42. The van der Waals surface area contributed by atoms with Gasteiger partial charge in [0.25, 0.3) is 0 Å². The average molecular weight is 450 g/mol. The number of furan rings is 1.